The molecule has 2 saturated heterocycles. The predicted molar refractivity (Wildman–Crippen MR) is 134 cm³/mol. The van der Waals surface area contributed by atoms with E-state index in [0.717, 1.165) is 25.7 Å². The van der Waals surface area contributed by atoms with Crippen molar-refractivity contribution in [2.45, 2.75) is 109 Å². The molecule has 4 heterocycles. The van der Waals surface area contributed by atoms with Crippen molar-refractivity contribution < 1.29 is 32.2 Å². The average Bonchev–Trinajstić information content (AvgIpc) is 2.75. The van der Waals surface area contributed by atoms with Crippen LogP contribution >= 0.6 is 0 Å². The van der Waals surface area contributed by atoms with Crippen molar-refractivity contribution in [1.82, 2.24) is 25.1 Å². The molecule has 0 spiro atoms. The van der Waals surface area contributed by atoms with Crippen LogP contribution in [0.25, 0.3) is 0 Å². The van der Waals surface area contributed by atoms with Gasteiger partial charge in [-0.25, -0.2) is 14.8 Å². The van der Waals surface area contributed by atoms with E-state index < -0.39 is 35.5 Å². The van der Waals surface area contributed by atoms with Crippen LogP contribution in [0.5, 0.6) is 0 Å². The number of likely N-dealkylation sites (tertiary alicyclic amines) is 1. The standard InChI is InChI=1S/C27H38F3N5O4/c1-16-8-9-20(36)35(13-16)15-26(33-24(37)39-25(2,3)4)12-21(38-26)34-11-10-18-19(14-34)31-23(17-6-5-7-17)32-22(18)27(28,29)30/h16-17,21H,5-15H2,1-4H3,(H,33,37)/t16-,21?,26+/m1/s1. The third-order valence-electron chi connectivity index (χ3n) is 8.03. The molecule has 12 heteroatoms. The summed E-state index contributed by atoms with van der Waals surface area (Å²) in [6.45, 7) is 8.67. The Balaban J connectivity index is 1.33. The number of alkyl halides is 3. The molecule has 39 heavy (non-hydrogen) atoms. The van der Waals surface area contributed by atoms with Gasteiger partial charge in [0.1, 0.15) is 17.7 Å². The van der Waals surface area contributed by atoms with E-state index in [1.54, 1.807) is 25.7 Å². The quantitative estimate of drug-likeness (QED) is 0.579. The van der Waals surface area contributed by atoms with Crippen molar-refractivity contribution in [3.63, 3.8) is 0 Å². The number of nitrogens with one attached hydrogen (secondary N) is 1. The molecule has 0 aromatic carbocycles. The minimum absolute atomic E-state index is 0.0114. The number of aromatic nitrogens is 2. The number of carbonyl (C=O) groups is 2. The van der Waals surface area contributed by atoms with Crippen molar-refractivity contribution in [1.29, 1.82) is 0 Å². The lowest BCUT2D eigenvalue weighted by atomic mass is 9.84. The van der Waals surface area contributed by atoms with E-state index in [0.29, 0.717) is 37.5 Å². The van der Waals surface area contributed by atoms with Gasteiger partial charge in [-0.2, -0.15) is 13.2 Å². The Hall–Kier alpha value is -2.47. The number of halogens is 3. The third-order valence-corrected chi connectivity index (χ3v) is 8.03. The number of ether oxygens (including phenoxy) is 2. The Bertz CT molecular complexity index is 1110. The van der Waals surface area contributed by atoms with Crippen LogP contribution in [0.3, 0.4) is 0 Å². The smallest absolute Gasteiger partial charge is 0.433 e. The molecule has 1 unspecified atom stereocenters. The highest BCUT2D eigenvalue weighted by molar-refractivity contribution is 5.77. The largest absolute Gasteiger partial charge is 0.444 e. The molecular formula is C27H38F3N5O4. The Kier molecular flexibility index (Phi) is 7.32. The Labute approximate surface area is 226 Å². The van der Waals surface area contributed by atoms with E-state index in [1.165, 1.54) is 0 Å². The highest BCUT2D eigenvalue weighted by Crippen LogP contribution is 2.41. The fourth-order valence-corrected chi connectivity index (χ4v) is 5.81. The van der Waals surface area contributed by atoms with Crippen LogP contribution in [-0.2, 0) is 33.4 Å². The molecule has 1 saturated carbocycles. The Morgan fingerprint density at radius 2 is 1.90 bits per heavy atom. The van der Waals surface area contributed by atoms with Crippen LogP contribution in [0.15, 0.2) is 0 Å². The molecule has 216 valence electrons. The summed E-state index contributed by atoms with van der Waals surface area (Å²) < 4.78 is 53.4. The zero-order valence-electron chi connectivity index (χ0n) is 23.1. The first-order valence-electron chi connectivity index (χ1n) is 13.9. The summed E-state index contributed by atoms with van der Waals surface area (Å²) in [6.07, 6.45) is -1.25. The maximum absolute atomic E-state index is 13.9. The predicted octanol–water partition coefficient (Wildman–Crippen LogP) is 4.35. The van der Waals surface area contributed by atoms with Gasteiger partial charge < -0.3 is 14.4 Å². The van der Waals surface area contributed by atoms with Gasteiger partial charge in [0, 0.05) is 44.0 Å². The second kappa shape index (κ2) is 10.2. The molecule has 1 aromatic rings. The van der Waals surface area contributed by atoms with Gasteiger partial charge in [0.2, 0.25) is 5.91 Å². The van der Waals surface area contributed by atoms with Crippen molar-refractivity contribution in [2.24, 2.45) is 5.92 Å². The van der Waals surface area contributed by atoms with Crippen molar-refractivity contribution in [3.05, 3.63) is 22.8 Å². The van der Waals surface area contributed by atoms with Crippen LogP contribution in [0.2, 0.25) is 0 Å². The van der Waals surface area contributed by atoms with Gasteiger partial charge in [-0.05, 0) is 52.4 Å². The third kappa shape index (κ3) is 6.16. The number of amides is 2. The molecule has 1 aliphatic carbocycles. The summed E-state index contributed by atoms with van der Waals surface area (Å²) in [6, 6.07) is 0. The van der Waals surface area contributed by atoms with E-state index >= 15 is 0 Å². The number of carbonyl (C=O) groups excluding carboxylic acids is 2. The number of alkyl carbamates (subject to hydrolysis) is 1. The van der Waals surface area contributed by atoms with E-state index in [4.69, 9.17) is 9.47 Å². The zero-order valence-corrected chi connectivity index (χ0v) is 23.1. The highest BCUT2D eigenvalue weighted by atomic mass is 19.4. The molecule has 2 amide bonds. The first-order valence-corrected chi connectivity index (χ1v) is 13.9. The van der Waals surface area contributed by atoms with Crippen molar-refractivity contribution in [2.75, 3.05) is 19.6 Å². The summed E-state index contributed by atoms with van der Waals surface area (Å²) in [4.78, 5) is 37.6. The average molecular weight is 554 g/mol. The van der Waals surface area contributed by atoms with Gasteiger partial charge in [0.15, 0.2) is 11.4 Å². The summed E-state index contributed by atoms with van der Waals surface area (Å²) in [7, 11) is 0. The fraction of sp³-hybridized carbons (Fsp3) is 0.778. The summed E-state index contributed by atoms with van der Waals surface area (Å²) >= 11 is 0. The molecule has 0 bridgehead atoms. The molecule has 9 nitrogen and oxygen atoms in total. The monoisotopic (exact) mass is 553 g/mol. The van der Waals surface area contributed by atoms with Gasteiger partial charge >= 0.3 is 12.3 Å². The minimum Gasteiger partial charge on any atom is -0.444 e. The summed E-state index contributed by atoms with van der Waals surface area (Å²) in [5, 5.41) is 2.85. The lowest BCUT2D eigenvalue weighted by Crippen LogP contribution is -2.71. The Morgan fingerprint density at radius 3 is 2.51 bits per heavy atom. The highest BCUT2D eigenvalue weighted by Gasteiger charge is 2.52. The molecule has 3 fully saturated rings. The van der Waals surface area contributed by atoms with Crippen LogP contribution in [0.4, 0.5) is 18.0 Å². The zero-order chi connectivity index (χ0) is 28.2. The van der Waals surface area contributed by atoms with E-state index in [1.807, 2.05) is 4.90 Å². The topological polar surface area (TPSA) is 96.9 Å². The molecule has 4 aliphatic rings. The maximum atomic E-state index is 13.9. The van der Waals surface area contributed by atoms with Gasteiger partial charge in [0.05, 0.1) is 12.2 Å². The second-order valence-corrected chi connectivity index (χ2v) is 12.5. The van der Waals surface area contributed by atoms with E-state index in [9.17, 15) is 22.8 Å². The van der Waals surface area contributed by atoms with Crippen LogP contribution in [0, 0.1) is 5.92 Å². The number of fused-ring (bicyclic) bond motifs is 1. The van der Waals surface area contributed by atoms with E-state index in [-0.39, 0.29) is 42.7 Å². The maximum Gasteiger partial charge on any atom is 0.433 e. The van der Waals surface area contributed by atoms with Gasteiger partial charge in [-0.3, -0.25) is 15.0 Å². The second-order valence-electron chi connectivity index (χ2n) is 12.5. The van der Waals surface area contributed by atoms with Crippen LogP contribution < -0.4 is 5.32 Å². The number of piperidine rings is 1. The Morgan fingerprint density at radius 1 is 1.18 bits per heavy atom. The van der Waals surface area contributed by atoms with Crippen LogP contribution in [0.1, 0.15) is 94.9 Å². The number of nitrogens with zero attached hydrogens (tertiary/aromatic N) is 4. The first-order chi connectivity index (χ1) is 18.2. The van der Waals surface area contributed by atoms with Crippen molar-refractivity contribution >= 4 is 12.0 Å². The molecule has 1 N–H and O–H groups in total. The van der Waals surface area contributed by atoms with Crippen LogP contribution in [-0.4, -0.2) is 69.0 Å². The molecule has 0 radical (unpaired) electrons. The molecule has 3 atom stereocenters. The number of rotatable bonds is 5. The SMILES string of the molecule is C[C@@H]1CCC(=O)N(C[C@]2(NC(=O)OC(C)(C)C)CC(N3CCc4c(nc(C5CCC5)nc4C(F)(F)F)C3)O2)C1. The van der Waals surface area contributed by atoms with Gasteiger partial charge in [-0.15, -0.1) is 0 Å². The molecule has 3 aliphatic heterocycles. The van der Waals surface area contributed by atoms with Gasteiger partial charge in [-0.1, -0.05) is 13.3 Å². The lowest BCUT2D eigenvalue weighted by Gasteiger charge is -2.54. The summed E-state index contributed by atoms with van der Waals surface area (Å²) in [5.41, 5.74) is -2.12. The number of hydrogen-bond donors (Lipinski definition) is 1. The normalized spacial score (nSPS) is 28.4. The van der Waals surface area contributed by atoms with Crippen molar-refractivity contribution in [3.8, 4) is 0 Å². The van der Waals surface area contributed by atoms with E-state index in [2.05, 4.69) is 22.2 Å². The first kappa shape index (κ1) is 28.1. The molecular weight excluding hydrogens is 515 g/mol. The summed E-state index contributed by atoms with van der Waals surface area (Å²) in [5.74, 6) is 0.602. The fourth-order valence-electron chi connectivity index (χ4n) is 5.81. The lowest BCUT2D eigenvalue weighted by molar-refractivity contribution is -0.279. The number of hydrogen-bond acceptors (Lipinski definition) is 7. The molecule has 5 rings (SSSR count). The minimum atomic E-state index is -4.54. The van der Waals surface area contributed by atoms with Gasteiger partial charge in [0.25, 0.3) is 0 Å². The molecule has 1 aromatic heterocycles.